The van der Waals surface area contributed by atoms with Gasteiger partial charge in [0.05, 0.1) is 6.54 Å². The van der Waals surface area contributed by atoms with Gasteiger partial charge < -0.3 is 24.3 Å². The van der Waals surface area contributed by atoms with Crippen molar-refractivity contribution in [2.75, 3.05) is 32.7 Å². The van der Waals surface area contributed by atoms with E-state index in [1.165, 1.54) is 14.7 Å². The Balaban J connectivity index is 2.06. The molecular formula is C16H26N4O6. The standard InChI is InChI=1S/C16H26N4O6/c1-6-17(7-2)15(24)26-20-12(21)11-10-18(8-9-19(11)13(20)22)14(23)25-16(3,4)5/h11H,6-10H2,1-5H3. The van der Waals surface area contributed by atoms with Crippen LogP contribution in [0.2, 0.25) is 0 Å². The summed E-state index contributed by atoms with van der Waals surface area (Å²) in [6, 6.07) is -1.57. The molecule has 2 heterocycles. The summed E-state index contributed by atoms with van der Waals surface area (Å²) in [6.07, 6.45) is -1.31. The smallest absolute Gasteiger partial charge is 0.434 e. The maximum Gasteiger partial charge on any atom is 0.434 e. The fraction of sp³-hybridized carbons (Fsp3) is 0.750. The van der Waals surface area contributed by atoms with Gasteiger partial charge in [-0.25, -0.2) is 14.4 Å². The highest BCUT2D eigenvalue weighted by Crippen LogP contribution is 2.24. The lowest BCUT2D eigenvalue weighted by Crippen LogP contribution is -2.55. The van der Waals surface area contributed by atoms with Crippen molar-refractivity contribution >= 4 is 24.1 Å². The van der Waals surface area contributed by atoms with Gasteiger partial charge in [-0.2, -0.15) is 0 Å². The molecule has 0 aromatic heterocycles. The van der Waals surface area contributed by atoms with Crippen molar-refractivity contribution < 1.29 is 28.8 Å². The third-order valence-corrected chi connectivity index (χ3v) is 4.13. The number of carbonyl (C=O) groups excluding carboxylic acids is 4. The van der Waals surface area contributed by atoms with Crippen molar-refractivity contribution in [2.24, 2.45) is 0 Å². The molecule has 0 aliphatic carbocycles. The zero-order valence-corrected chi connectivity index (χ0v) is 15.9. The maximum atomic E-state index is 12.5. The van der Waals surface area contributed by atoms with Crippen molar-refractivity contribution in [3.63, 3.8) is 0 Å². The van der Waals surface area contributed by atoms with Crippen LogP contribution in [0, 0.1) is 0 Å². The number of fused-ring (bicyclic) bond motifs is 1. The van der Waals surface area contributed by atoms with Crippen LogP contribution in [-0.4, -0.2) is 88.3 Å². The summed E-state index contributed by atoms with van der Waals surface area (Å²) in [7, 11) is 0. The van der Waals surface area contributed by atoms with E-state index >= 15 is 0 Å². The third kappa shape index (κ3) is 4.00. The summed E-state index contributed by atoms with van der Waals surface area (Å²) in [5, 5.41) is 0.490. The molecule has 2 rings (SSSR count). The van der Waals surface area contributed by atoms with Gasteiger partial charge >= 0.3 is 18.2 Å². The van der Waals surface area contributed by atoms with E-state index in [0.29, 0.717) is 18.2 Å². The van der Waals surface area contributed by atoms with Crippen LogP contribution < -0.4 is 0 Å². The van der Waals surface area contributed by atoms with Gasteiger partial charge in [0, 0.05) is 26.2 Å². The summed E-state index contributed by atoms with van der Waals surface area (Å²) >= 11 is 0. The van der Waals surface area contributed by atoms with E-state index in [0.717, 1.165) is 0 Å². The van der Waals surface area contributed by atoms with E-state index < -0.39 is 35.8 Å². The van der Waals surface area contributed by atoms with Gasteiger partial charge in [-0.3, -0.25) is 4.79 Å². The molecule has 0 aromatic carbocycles. The highest BCUT2D eigenvalue weighted by Gasteiger charge is 2.51. The number of ether oxygens (including phenoxy) is 1. The number of hydroxylamine groups is 2. The highest BCUT2D eigenvalue weighted by molar-refractivity contribution is 6.04. The summed E-state index contributed by atoms with van der Waals surface area (Å²) < 4.78 is 5.31. The van der Waals surface area contributed by atoms with Crippen LogP contribution in [0.25, 0.3) is 0 Å². The molecule has 0 N–H and O–H groups in total. The molecule has 146 valence electrons. The van der Waals surface area contributed by atoms with Crippen molar-refractivity contribution in [1.82, 2.24) is 19.8 Å². The number of hydrogen-bond acceptors (Lipinski definition) is 6. The number of nitrogens with zero attached hydrogens (tertiary/aromatic N) is 4. The summed E-state index contributed by atoms with van der Waals surface area (Å²) in [5.41, 5.74) is -0.658. The number of hydrogen-bond donors (Lipinski definition) is 0. The lowest BCUT2D eigenvalue weighted by atomic mass is 10.2. The van der Waals surface area contributed by atoms with Gasteiger partial charge in [0.1, 0.15) is 11.6 Å². The van der Waals surface area contributed by atoms with Crippen LogP contribution in [-0.2, 0) is 14.4 Å². The Hall–Kier alpha value is -2.52. The molecule has 2 aliphatic heterocycles. The van der Waals surface area contributed by atoms with Crippen molar-refractivity contribution in [2.45, 2.75) is 46.3 Å². The second-order valence-corrected chi connectivity index (χ2v) is 7.08. The molecule has 1 unspecified atom stereocenters. The van der Waals surface area contributed by atoms with E-state index in [4.69, 9.17) is 9.57 Å². The molecule has 2 fully saturated rings. The topological polar surface area (TPSA) is 99.7 Å². The van der Waals surface area contributed by atoms with E-state index in [1.54, 1.807) is 34.6 Å². The lowest BCUT2D eigenvalue weighted by Gasteiger charge is -2.35. The third-order valence-electron chi connectivity index (χ3n) is 4.13. The first-order valence-corrected chi connectivity index (χ1v) is 8.68. The van der Waals surface area contributed by atoms with Gasteiger partial charge in [-0.1, -0.05) is 5.06 Å². The van der Waals surface area contributed by atoms with Gasteiger partial charge in [-0.15, -0.1) is 0 Å². The quantitative estimate of drug-likeness (QED) is 0.694. The van der Waals surface area contributed by atoms with Crippen LogP contribution in [0.1, 0.15) is 34.6 Å². The number of urea groups is 1. The molecular weight excluding hydrogens is 344 g/mol. The predicted octanol–water partition coefficient (Wildman–Crippen LogP) is 1.26. The lowest BCUT2D eigenvalue weighted by molar-refractivity contribution is -0.152. The minimum atomic E-state index is -0.881. The molecule has 0 radical (unpaired) electrons. The van der Waals surface area contributed by atoms with Crippen LogP contribution in [0.5, 0.6) is 0 Å². The first-order chi connectivity index (χ1) is 12.1. The van der Waals surface area contributed by atoms with E-state index in [2.05, 4.69) is 0 Å². The predicted molar refractivity (Wildman–Crippen MR) is 89.9 cm³/mol. The SMILES string of the molecule is CCN(CC)C(=O)ON1C(=O)C2CN(C(=O)OC(C)(C)C)CCN2C1=O. The van der Waals surface area contributed by atoms with Crippen molar-refractivity contribution in [3.8, 4) is 0 Å². The number of piperazine rings is 1. The highest BCUT2D eigenvalue weighted by atomic mass is 16.7. The normalized spacial score (nSPS) is 20.2. The second kappa shape index (κ2) is 7.38. The van der Waals surface area contributed by atoms with Crippen LogP contribution in [0.3, 0.4) is 0 Å². The summed E-state index contributed by atoms with van der Waals surface area (Å²) in [4.78, 5) is 58.2. The Morgan fingerprint density at radius 2 is 1.77 bits per heavy atom. The molecule has 0 aromatic rings. The van der Waals surface area contributed by atoms with E-state index in [9.17, 15) is 19.2 Å². The molecule has 2 saturated heterocycles. The Bertz CT molecular complexity index is 598. The molecule has 0 saturated carbocycles. The minimum Gasteiger partial charge on any atom is -0.444 e. The first kappa shape index (κ1) is 19.8. The molecule has 10 heteroatoms. The molecule has 5 amide bonds. The van der Waals surface area contributed by atoms with Gasteiger partial charge in [0.25, 0.3) is 5.91 Å². The molecule has 0 bridgehead atoms. The molecule has 2 aliphatic rings. The van der Waals surface area contributed by atoms with Gasteiger partial charge in [-0.05, 0) is 34.6 Å². The fourth-order valence-electron chi connectivity index (χ4n) is 2.76. The largest absolute Gasteiger partial charge is 0.444 e. The second-order valence-electron chi connectivity index (χ2n) is 7.08. The molecule has 10 nitrogen and oxygen atoms in total. The monoisotopic (exact) mass is 370 g/mol. The number of amides is 5. The number of rotatable bonds is 3. The Morgan fingerprint density at radius 3 is 2.31 bits per heavy atom. The average Bonchev–Trinajstić information content (AvgIpc) is 2.79. The van der Waals surface area contributed by atoms with Gasteiger partial charge in [0.2, 0.25) is 0 Å². The summed E-state index contributed by atoms with van der Waals surface area (Å²) in [6.45, 7) is 9.96. The minimum absolute atomic E-state index is 0.00118. The average molecular weight is 370 g/mol. The van der Waals surface area contributed by atoms with Crippen LogP contribution in [0.4, 0.5) is 14.4 Å². The zero-order valence-electron chi connectivity index (χ0n) is 15.9. The molecule has 0 spiro atoms. The van der Waals surface area contributed by atoms with E-state index in [1.807, 2.05) is 0 Å². The Labute approximate surface area is 152 Å². The number of imide groups is 1. The first-order valence-electron chi connectivity index (χ1n) is 8.68. The maximum absolute atomic E-state index is 12.5. The van der Waals surface area contributed by atoms with Gasteiger partial charge in [0.15, 0.2) is 0 Å². The molecule has 1 atom stereocenters. The van der Waals surface area contributed by atoms with Crippen molar-refractivity contribution in [3.05, 3.63) is 0 Å². The van der Waals surface area contributed by atoms with Crippen molar-refractivity contribution in [1.29, 1.82) is 0 Å². The zero-order chi connectivity index (χ0) is 19.6. The fourth-order valence-corrected chi connectivity index (χ4v) is 2.76. The van der Waals surface area contributed by atoms with E-state index in [-0.39, 0.29) is 19.6 Å². The van der Waals surface area contributed by atoms with Crippen LogP contribution >= 0.6 is 0 Å². The molecule has 26 heavy (non-hydrogen) atoms. The summed E-state index contributed by atoms with van der Waals surface area (Å²) in [5.74, 6) is -0.663. The Kier molecular flexibility index (Phi) is 5.62. The van der Waals surface area contributed by atoms with Crippen LogP contribution in [0.15, 0.2) is 0 Å². The Morgan fingerprint density at radius 1 is 1.15 bits per heavy atom. The number of carbonyl (C=O) groups is 4.